The van der Waals surface area contributed by atoms with E-state index in [1.807, 2.05) is 4.90 Å². The summed E-state index contributed by atoms with van der Waals surface area (Å²) >= 11 is 1.56. The summed E-state index contributed by atoms with van der Waals surface area (Å²) in [5, 5.41) is 9.00. The summed E-state index contributed by atoms with van der Waals surface area (Å²) in [4.78, 5) is 16.2. The normalized spacial score (nSPS) is 26.7. The molecule has 0 radical (unpaired) electrons. The molecule has 18 heavy (non-hydrogen) atoms. The number of anilines is 1. The SMILES string of the molecule is COCC(=O)N1CC[C@@H]2[C@@H]1CCN2c1nncs1. The van der Waals surface area contributed by atoms with Gasteiger partial charge in [0.05, 0.1) is 12.1 Å². The second-order valence-electron chi connectivity index (χ2n) is 4.65. The molecule has 0 aliphatic carbocycles. The fourth-order valence-electron chi connectivity index (χ4n) is 3.03. The Balaban J connectivity index is 1.72. The molecular weight excluding hydrogens is 252 g/mol. The zero-order chi connectivity index (χ0) is 12.5. The maximum absolute atomic E-state index is 11.9. The maximum atomic E-state index is 11.9. The molecule has 1 amide bonds. The average Bonchev–Trinajstić information content (AvgIpc) is 3.05. The third-order valence-corrected chi connectivity index (χ3v) is 4.49. The number of hydrogen-bond donors (Lipinski definition) is 0. The lowest BCUT2D eigenvalue weighted by Crippen LogP contribution is -2.41. The van der Waals surface area contributed by atoms with Crippen LogP contribution in [0.5, 0.6) is 0 Å². The van der Waals surface area contributed by atoms with E-state index >= 15 is 0 Å². The van der Waals surface area contributed by atoms with Crippen LogP contribution < -0.4 is 4.90 Å². The number of amides is 1. The van der Waals surface area contributed by atoms with Gasteiger partial charge in [0, 0.05) is 20.2 Å². The number of likely N-dealkylation sites (tertiary alicyclic amines) is 1. The highest BCUT2D eigenvalue weighted by atomic mass is 32.1. The first kappa shape index (κ1) is 11.9. The Morgan fingerprint density at radius 2 is 2.33 bits per heavy atom. The Hall–Kier alpha value is -1.21. The number of aromatic nitrogens is 2. The Bertz CT molecular complexity index is 425. The van der Waals surface area contributed by atoms with E-state index in [9.17, 15) is 4.79 Å². The van der Waals surface area contributed by atoms with Crippen molar-refractivity contribution in [2.75, 3.05) is 31.7 Å². The standard InChI is InChI=1S/C11H16N4O2S/c1-17-6-10(16)14-4-2-9-8(14)3-5-15(9)11-13-12-7-18-11/h7-9H,2-6H2,1H3/t8-,9+/m0/s1. The van der Waals surface area contributed by atoms with E-state index in [2.05, 4.69) is 15.1 Å². The molecule has 1 aromatic rings. The molecule has 98 valence electrons. The van der Waals surface area contributed by atoms with Crippen LogP contribution in [0.2, 0.25) is 0 Å². The molecule has 3 rings (SSSR count). The summed E-state index contributed by atoms with van der Waals surface area (Å²) in [6.07, 6.45) is 2.03. The number of ether oxygens (including phenoxy) is 1. The highest BCUT2D eigenvalue weighted by Crippen LogP contribution is 2.35. The first-order chi connectivity index (χ1) is 8.81. The number of carbonyl (C=O) groups is 1. The van der Waals surface area contributed by atoms with Gasteiger partial charge in [0.2, 0.25) is 11.0 Å². The molecule has 6 nitrogen and oxygen atoms in total. The topological polar surface area (TPSA) is 58.6 Å². The van der Waals surface area contributed by atoms with E-state index in [4.69, 9.17) is 4.74 Å². The summed E-state index contributed by atoms with van der Waals surface area (Å²) < 4.78 is 4.94. The Morgan fingerprint density at radius 1 is 1.50 bits per heavy atom. The molecule has 0 bridgehead atoms. The van der Waals surface area contributed by atoms with Gasteiger partial charge in [-0.3, -0.25) is 4.79 Å². The maximum Gasteiger partial charge on any atom is 0.248 e. The minimum atomic E-state index is 0.101. The van der Waals surface area contributed by atoms with Crippen LogP contribution in [-0.4, -0.2) is 59.9 Å². The molecular formula is C11H16N4O2S. The number of methoxy groups -OCH3 is 1. The van der Waals surface area contributed by atoms with Gasteiger partial charge in [0.1, 0.15) is 12.1 Å². The van der Waals surface area contributed by atoms with E-state index in [0.717, 1.165) is 31.1 Å². The quantitative estimate of drug-likeness (QED) is 0.792. The number of fused-ring (bicyclic) bond motifs is 1. The van der Waals surface area contributed by atoms with Crippen LogP contribution in [-0.2, 0) is 9.53 Å². The van der Waals surface area contributed by atoms with Crippen LogP contribution in [0.3, 0.4) is 0 Å². The highest BCUT2D eigenvalue weighted by Gasteiger charge is 2.45. The van der Waals surface area contributed by atoms with Gasteiger partial charge in [-0.25, -0.2) is 0 Å². The average molecular weight is 268 g/mol. The molecule has 2 aliphatic heterocycles. The van der Waals surface area contributed by atoms with Crippen molar-refractivity contribution in [2.24, 2.45) is 0 Å². The Kier molecular flexibility index (Phi) is 3.17. The monoisotopic (exact) mass is 268 g/mol. The zero-order valence-electron chi connectivity index (χ0n) is 10.3. The molecule has 2 aliphatic rings. The van der Waals surface area contributed by atoms with Gasteiger partial charge in [-0.05, 0) is 12.8 Å². The van der Waals surface area contributed by atoms with Gasteiger partial charge < -0.3 is 14.5 Å². The summed E-state index contributed by atoms with van der Waals surface area (Å²) in [7, 11) is 1.56. The third kappa shape index (κ3) is 1.87. The Morgan fingerprint density at radius 3 is 3.06 bits per heavy atom. The van der Waals surface area contributed by atoms with Gasteiger partial charge in [0.15, 0.2) is 0 Å². The minimum Gasteiger partial charge on any atom is -0.375 e. The molecule has 0 N–H and O–H groups in total. The molecule has 0 saturated carbocycles. The molecule has 2 saturated heterocycles. The molecule has 0 aromatic carbocycles. The molecule has 2 atom stereocenters. The van der Waals surface area contributed by atoms with Crippen LogP contribution in [0.25, 0.3) is 0 Å². The second kappa shape index (κ2) is 4.81. The third-order valence-electron chi connectivity index (χ3n) is 3.76. The molecule has 0 spiro atoms. The first-order valence-corrected chi connectivity index (χ1v) is 7.00. The van der Waals surface area contributed by atoms with Crippen molar-refractivity contribution in [1.29, 1.82) is 0 Å². The minimum absolute atomic E-state index is 0.101. The van der Waals surface area contributed by atoms with Crippen LogP contribution in [0, 0.1) is 0 Å². The summed E-state index contributed by atoms with van der Waals surface area (Å²) in [6.45, 7) is 1.97. The fourth-order valence-corrected chi connectivity index (χ4v) is 3.68. The second-order valence-corrected chi connectivity index (χ2v) is 5.46. The van der Waals surface area contributed by atoms with Crippen LogP contribution in [0.15, 0.2) is 5.51 Å². The van der Waals surface area contributed by atoms with Crippen LogP contribution in [0.4, 0.5) is 5.13 Å². The number of rotatable bonds is 3. The molecule has 7 heteroatoms. The predicted octanol–water partition coefficient (Wildman–Crippen LogP) is 0.364. The van der Waals surface area contributed by atoms with Crippen molar-refractivity contribution in [1.82, 2.24) is 15.1 Å². The lowest BCUT2D eigenvalue weighted by molar-refractivity contribution is -0.135. The van der Waals surface area contributed by atoms with Crippen molar-refractivity contribution < 1.29 is 9.53 Å². The molecule has 0 unspecified atom stereocenters. The van der Waals surface area contributed by atoms with Gasteiger partial charge in [-0.2, -0.15) is 0 Å². The predicted molar refractivity (Wildman–Crippen MR) is 67.7 cm³/mol. The summed E-state index contributed by atoms with van der Waals surface area (Å²) in [5.41, 5.74) is 1.76. The summed E-state index contributed by atoms with van der Waals surface area (Å²) in [6, 6.07) is 0.718. The van der Waals surface area contributed by atoms with Gasteiger partial charge in [-0.15, -0.1) is 10.2 Å². The largest absolute Gasteiger partial charge is 0.375 e. The van der Waals surface area contributed by atoms with Crippen molar-refractivity contribution in [3.8, 4) is 0 Å². The number of carbonyl (C=O) groups excluding carboxylic acids is 1. The Labute approximate surface area is 110 Å². The van der Waals surface area contributed by atoms with E-state index in [1.165, 1.54) is 0 Å². The number of hydrogen-bond acceptors (Lipinski definition) is 6. The fraction of sp³-hybridized carbons (Fsp3) is 0.727. The first-order valence-electron chi connectivity index (χ1n) is 6.12. The smallest absolute Gasteiger partial charge is 0.248 e. The summed E-state index contributed by atoms with van der Waals surface area (Å²) in [5.74, 6) is 0.101. The van der Waals surface area contributed by atoms with Gasteiger partial charge in [0.25, 0.3) is 0 Å². The molecule has 3 heterocycles. The van der Waals surface area contributed by atoms with E-state index in [-0.39, 0.29) is 12.5 Å². The van der Waals surface area contributed by atoms with E-state index < -0.39 is 0 Å². The lowest BCUT2D eigenvalue weighted by atomic mass is 10.1. The van der Waals surface area contributed by atoms with Crippen molar-refractivity contribution >= 4 is 22.4 Å². The van der Waals surface area contributed by atoms with E-state index in [0.29, 0.717) is 12.1 Å². The van der Waals surface area contributed by atoms with Gasteiger partial charge >= 0.3 is 0 Å². The van der Waals surface area contributed by atoms with E-state index in [1.54, 1.807) is 24.0 Å². The molecule has 2 fully saturated rings. The zero-order valence-corrected chi connectivity index (χ0v) is 11.1. The number of nitrogens with zero attached hydrogens (tertiary/aromatic N) is 4. The van der Waals surface area contributed by atoms with Crippen molar-refractivity contribution in [3.05, 3.63) is 5.51 Å². The highest BCUT2D eigenvalue weighted by molar-refractivity contribution is 7.13. The van der Waals surface area contributed by atoms with Gasteiger partial charge in [-0.1, -0.05) is 11.3 Å². The van der Waals surface area contributed by atoms with Crippen LogP contribution >= 0.6 is 11.3 Å². The molecule has 1 aromatic heterocycles. The lowest BCUT2D eigenvalue weighted by Gasteiger charge is -2.24. The van der Waals surface area contributed by atoms with Crippen molar-refractivity contribution in [3.63, 3.8) is 0 Å². The van der Waals surface area contributed by atoms with Crippen LogP contribution in [0.1, 0.15) is 12.8 Å². The van der Waals surface area contributed by atoms with Crippen molar-refractivity contribution in [2.45, 2.75) is 24.9 Å².